The molecule has 0 bridgehead atoms. The van der Waals surface area contributed by atoms with Gasteiger partial charge < -0.3 is 9.47 Å². The Labute approximate surface area is 139 Å². The largest absolute Gasteiger partial charge is 0.458 e. The van der Waals surface area contributed by atoms with E-state index in [1.807, 2.05) is 0 Å². The van der Waals surface area contributed by atoms with Crippen molar-refractivity contribution >= 4 is 5.97 Å². The summed E-state index contributed by atoms with van der Waals surface area (Å²) < 4.78 is 11.6. The SMILES string of the molecule is C=C1C(=O)O[C@H]2C/C(C)=C/CC/C(C)=C/CC[C@@]3(C)O[C@@H]3C[C@H]12. The van der Waals surface area contributed by atoms with E-state index in [-0.39, 0.29) is 29.7 Å². The number of rotatable bonds is 0. The van der Waals surface area contributed by atoms with Crippen LogP contribution in [0.5, 0.6) is 0 Å². The number of hydrogen-bond acceptors (Lipinski definition) is 3. The van der Waals surface area contributed by atoms with Crippen LogP contribution >= 0.6 is 0 Å². The van der Waals surface area contributed by atoms with Crippen molar-refractivity contribution in [1.29, 1.82) is 0 Å². The van der Waals surface area contributed by atoms with Crippen LogP contribution in [0.2, 0.25) is 0 Å². The molecule has 0 aromatic carbocycles. The lowest BCUT2D eigenvalue weighted by molar-refractivity contribution is -0.139. The number of allylic oxidation sites excluding steroid dienone is 3. The summed E-state index contributed by atoms with van der Waals surface area (Å²) in [4.78, 5) is 11.9. The van der Waals surface area contributed by atoms with Gasteiger partial charge in [-0.15, -0.1) is 0 Å². The van der Waals surface area contributed by atoms with Gasteiger partial charge in [0.2, 0.25) is 0 Å². The van der Waals surface area contributed by atoms with Gasteiger partial charge in [0.15, 0.2) is 0 Å². The quantitative estimate of drug-likeness (QED) is 0.286. The van der Waals surface area contributed by atoms with E-state index in [1.54, 1.807) is 0 Å². The van der Waals surface area contributed by atoms with Crippen LogP contribution in [0.1, 0.15) is 59.3 Å². The standard InChI is InChI=1S/C20H28O3/c1-13-7-5-8-14(2)11-17-16(15(3)19(21)22-17)12-18-20(4,23-18)10-6-9-13/h8-9,16-18H,3,5-7,10-12H2,1-2,4H3/b13-9+,14-8+/t16-,17+,18-,20-/m1/s1. The molecule has 0 spiro atoms. The number of carbonyl (C=O) groups is 1. The van der Waals surface area contributed by atoms with E-state index in [4.69, 9.17) is 9.47 Å². The number of esters is 1. The van der Waals surface area contributed by atoms with E-state index in [9.17, 15) is 4.79 Å². The summed E-state index contributed by atoms with van der Waals surface area (Å²) in [5, 5.41) is 0. The van der Waals surface area contributed by atoms with Crippen molar-refractivity contribution in [3.63, 3.8) is 0 Å². The topological polar surface area (TPSA) is 38.8 Å². The van der Waals surface area contributed by atoms with E-state index >= 15 is 0 Å². The minimum Gasteiger partial charge on any atom is -0.458 e. The molecule has 23 heavy (non-hydrogen) atoms. The molecule has 3 aliphatic rings. The highest BCUT2D eigenvalue weighted by Crippen LogP contribution is 2.47. The summed E-state index contributed by atoms with van der Waals surface area (Å²) >= 11 is 0. The highest BCUT2D eigenvalue weighted by molar-refractivity contribution is 5.90. The lowest BCUT2D eigenvalue weighted by Crippen LogP contribution is -2.21. The summed E-state index contributed by atoms with van der Waals surface area (Å²) in [5.74, 6) is -0.130. The lowest BCUT2D eigenvalue weighted by atomic mass is 9.85. The van der Waals surface area contributed by atoms with Gasteiger partial charge in [0.25, 0.3) is 0 Å². The molecule has 0 saturated carbocycles. The molecule has 0 amide bonds. The van der Waals surface area contributed by atoms with Crippen molar-refractivity contribution < 1.29 is 14.3 Å². The minimum atomic E-state index is -0.225. The van der Waals surface area contributed by atoms with E-state index in [2.05, 4.69) is 39.5 Å². The summed E-state index contributed by atoms with van der Waals surface area (Å²) in [6.45, 7) is 10.5. The molecule has 0 N–H and O–H groups in total. The maximum atomic E-state index is 11.9. The Hall–Kier alpha value is -1.35. The van der Waals surface area contributed by atoms with Gasteiger partial charge in [-0.25, -0.2) is 4.79 Å². The van der Waals surface area contributed by atoms with Crippen LogP contribution < -0.4 is 0 Å². The molecule has 0 aromatic heterocycles. The molecule has 3 heteroatoms. The van der Waals surface area contributed by atoms with Crippen molar-refractivity contribution in [1.82, 2.24) is 0 Å². The third kappa shape index (κ3) is 3.60. The normalized spacial score (nSPS) is 43.2. The Kier molecular flexibility index (Phi) is 4.50. The second-order valence-corrected chi connectivity index (χ2v) is 7.61. The van der Waals surface area contributed by atoms with Crippen LogP contribution in [0.4, 0.5) is 0 Å². The highest BCUT2D eigenvalue weighted by Gasteiger charge is 2.54. The zero-order valence-corrected chi connectivity index (χ0v) is 14.6. The maximum absolute atomic E-state index is 11.9. The fourth-order valence-corrected chi connectivity index (χ4v) is 3.84. The summed E-state index contributed by atoms with van der Waals surface area (Å²) in [5.41, 5.74) is 3.34. The second kappa shape index (κ2) is 6.27. The van der Waals surface area contributed by atoms with Crippen molar-refractivity contribution in [2.45, 2.75) is 77.1 Å². The van der Waals surface area contributed by atoms with Crippen molar-refractivity contribution in [2.75, 3.05) is 0 Å². The zero-order valence-electron chi connectivity index (χ0n) is 14.6. The van der Waals surface area contributed by atoms with Gasteiger partial charge in [0, 0.05) is 17.9 Å². The number of carbonyl (C=O) groups excluding carboxylic acids is 1. The Bertz CT molecular complexity index is 571. The molecule has 0 aromatic rings. The molecular weight excluding hydrogens is 288 g/mol. The van der Waals surface area contributed by atoms with Crippen LogP contribution in [-0.4, -0.2) is 23.8 Å². The molecule has 126 valence electrons. The molecular formula is C20H28O3. The first-order valence-corrected chi connectivity index (χ1v) is 8.78. The maximum Gasteiger partial charge on any atom is 0.334 e. The molecule has 3 nitrogen and oxygen atoms in total. The molecule has 4 atom stereocenters. The van der Waals surface area contributed by atoms with Crippen LogP contribution in [0, 0.1) is 5.92 Å². The van der Waals surface area contributed by atoms with E-state index in [1.165, 1.54) is 11.1 Å². The van der Waals surface area contributed by atoms with Gasteiger partial charge in [0.05, 0.1) is 11.7 Å². The first-order chi connectivity index (χ1) is 10.9. The molecule has 2 aliphatic heterocycles. The molecule has 1 aliphatic carbocycles. The predicted octanol–water partition coefficient (Wildman–Crippen LogP) is 4.49. The average molecular weight is 316 g/mol. The van der Waals surface area contributed by atoms with Crippen LogP contribution in [0.3, 0.4) is 0 Å². The van der Waals surface area contributed by atoms with E-state index < -0.39 is 0 Å². The fourth-order valence-electron chi connectivity index (χ4n) is 3.84. The number of hydrogen-bond donors (Lipinski definition) is 0. The molecule has 0 unspecified atom stereocenters. The van der Waals surface area contributed by atoms with Gasteiger partial charge in [-0.2, -0.15) is 0 Å². The van der Waals surface area contributed by atoms with Gasteiger partial charge in [-0.3, -0.25) is 0 Å². The van der Waals surface area contributed by atoms with Gasteiger partial charge in [-0.1, -0.05) is 29.9 Å². The molecule has 2 saturated heterocycles. The first-order valence-electron chi connectivity index (χ1n) is 8.78. The van der Waals surface area contributed by atoms with Crippen molar-refractivity contribution in [3.8, 4) is 0 Å². The van der Waals surface area contributed by atoms with Crippen LogP contribution in [0.15, 0.2) is 35.5 Å². The predicted molar refractivity (Wildman–Crippen MR) is 91.0 cm³/mol. The van der Waals surface area contributed by atoms with Gasteiger partial charge in [0.1, 0.15) is 6.10 Å². The number of ether oxygens (including phenoxy) is 2. The Morgan fingerprint density at radius 1 is 1.22 bits per heavy atom. The number of epoxide rings is 1. The fraction of sp³-hybridized carbons (Fsp3) is 0.650. The second-order valence-electron chi connectivity index (χ2n) is 7.61. The molecule has 3 rings (SSSR count). The minimum absolute atomic E-state index is 0.0394. The highest BCUT2D eigenvalue weighted by atomic mass is 16.6. The monoisotopic (exact) mass is 316 g/mol. The third-order valence-electron chi connectivity index (χ3n) is 5.61. The smallest absolute Gasteiger partial charge is 0.334 e. The zero-order chi connectivity index (χ0) is 16.6. The third-order valence-corrected chi connectivity index (χ3v) is 5.61. The summed E-state index contributed by atoms with van der Waals surface area (Å²) in [6, 6.07) is 0. The van der Waals surface area contributed by atoms with Crippen molar-refractivity contribution in [2.24, 2.45) is 5.92 Å². The molecule has 2 fully saturated rings. The van der Waals surface area contributed by atoms with E-state index in [0.717, 1.165) is 38.5 Å². The van der Waals surface area contributed by atoms with Crippen LogP contribution in [-0.2, 0) is 14.3 Å². The lowest BCUT2D eigenvalue weighted by Gasteiger charge is -2.18. The van der Waals surface area contributed by atoms with Crippen molar-refractivity contribution in [3.05, 3.63) is 35.5 Å². The summed E-state index contributed by atoms with van der Waals surface area (Å²) in [6.07, 6.45) is 10.7. The molecule has 0 radical (unpaired) electrons. The first kappa shape index (κ1) is 16.5. The number of fused-ring (bicyclic) bond motifs is 2. The molecule has 2 heterocycles. The Morgan fingerprint density at radius 2 is 1.96 bits per heavy atom. The van der Waals surface area contributed by atoms with Crippen LogP contribution in [0.25, 0.3) is 0 Å². The van der Waals surface area contributed by atoms with Gasteiger partial charge in [-0.05, 0) is 52.9 Å². The summed E-state index contributed by atoms with van der Waals surface area (Å²) in [7, 11) is 0. The van der Waals surface area contributed by atoms with Gasteiger partial charge >= 0.3 is 5.97 Å². The van der Waals surface area contributed by atoms with E-state index in [0.29, 0.717) is 5.57 Å². The Morgan fingerprint density at radius 3 is 2.74 bits per heavy atom. The Balaban J connectivity index is 1.78. The average Bonchev–Trinajstić information content (AvgIpc) is 3.04.